The third-order valence-corrected chi connectivity index (χ3v) is 4.96. The van der Waals surface area contributed by atoms with Gasteiger partial charge in [-0.15, -0.1) is 0 Å². The summed E-state index contributed by atoms with van der Waals surface area (Å²) in [7, 11) is 3.40. The molecule has 2 rings (SSSR count). The Kier molecular flexibility index (Phi) is 9.57. The molecule has 0 spiro atoms. The molecule has 2 amide bonds. The van der Waals surface area contributed by atoms with E-state index in [9.17, 15) is 34.1 Å². The van der Waals surface area contributed by atoms with E-state index < -0.39 is 66.6 Å². The minimum absolute atomic E-state index is 0.170. The van der Waals surface area contributed by atoms with Gasteiger partial charge in [0.25, 0.3) is 0 Å². The predicted octanol–water partition coefficient (Wildman–Crippen LogP) is 2.41. The molecule has 0 aliphatic heterocycles. The molecule has 1 aromatic carbocycles. The van der Waals surface area contributed by atoms with Gasteiger partial charge in [-0.2, -0.15) is 15.5 Å². The van der Waals surface area contributed by atoms with Gasteiger partial charge >= 0.3 is 11.9 Å². The highest BCUT2D eigenvalue weighted by atomic mass is 19.1. The molecule has 1 heterocycles. The summed E-state index contributed by atoms with van der Waals surface area (Å²) in [5, 5.41) is 19.7. The fourth-order valence-corrected chi connectivity index (χ4v) is 3.23. The number of carbonyl (C=O) groups excluding carboxylic acids is 4. The standard InChI is InChI=1S/C24H21FN4O7/c1-34-20(32)10-8-18(30)29(19(31)9-11-21(33)35-2)23-15(12-26)22(14-6-4-5-7-17(14)25)16(13-27)24(28-23)36-3/h4-7H,8-11H2,1-3H3. The van der Waals surface area contributed by atoms with Crippen LogP contribution >= 0.6 is 0 Å². The first-order chi connectivity index (χ1) is 17.2. The number of imide groups is 1. The molecular formula is C24H21FN4O7. The Balaban J connectivity index is 2.81. The van der Waals surface area contributed by atoms with Crippen molar-refractivity contribution in [1.29, 1.82) is 10.5 Å². The number of esters is 2. The van der Waals surface area contributed by atoms with Crippen LogP contribution in [0.25, 0.3) is 11.1 Å². The molecule has 12 heteroatoms. The Bertz CT molecular complexity index is 1250. The quantitative estimate of drug-likeness (QED) is 0.472. The Morgan fingerprint density at radius 2 is 1.42 bits per heavy atom. The number of hydrogen-bond donors (Lipinski definition) is 0. The summed E-state index contributed by atoms with van der Waals surface area (Å²) in [4.78, 5) is 53.9. The Hall–Kier alpha value is -4.84. The van der Waals surface area contributed by atoms with Gasteiger partial charge in [-0.05, 0) is 6.07 Å². The SMILES string of the molecule is COC(=O)CCC(=O)N(C(=O)CCC(=O)OC)c1nc(OC)c(C#N)c(-c2ccccc2F)c1C#N. The van der Waals surface area contributed by atoms with Gasteiger partial charge in [-0.3, -0.25) is 19.2 Å². The lowest BCUT2D eigenvalue weighted by molar-refractivity contribution is -0.142. The summed E-state index contributed by atoms with van der Waals surface area (Å²) in [5.74, 6) is -5.08. The molecular weight excluding hydrogens is 475 g/mol. The van der Waals surface area contributed by atoms with E-state index >= 15 is 0 Å². The number of amides is 2. The van der Waals surface area contributed by atoms with Crippen LogP contribution in [0.1, 0.15) is 36.8 Å². The monoisotopic (exact) mass is 496 g/mol. The number of pyridine rings is 1. The topological polar surface area (TPSA) is 160 Å². The summed E-state index contributed by atoms with van der Waals surface area (Å²) in [6, 6.07) is 8.88. The van der Waals surface area contributed by atoms with Gasteiger partial charge in [-0.25, -0.2) is 9.29 Å². The van der Waals surface area contributed by atoms with E-state index in [0.717, 1.165) is 27.4 Å². The van der Waals surface area contributed by atoms with Crippen LogP contribution in [0.4, 0.5) is 10.2 Å². The number of aromatic nitrogens is 1. The minimum atomic E-state index is -0.953. The van der Waals surface area contributed by atoms with Crippen LogP contribution in [0.2, 0.25) is 0 Å². The van der Waals surface area contributed by atoms with Crippen LogP contribution in [-0.4, -0.2) is 50.1 Å². The second-order valence-electron chi connectivity index (χ2n) is 7.05. The second-order valence-corrected chi connectivity index (χ2v) is 7.05. The molecule has 0 atom stereocenters. The Morgan fingerprint density at radius 3 is 1.86 bits per heavy atom. The van der Waals surface area contributed by atoms with Gasteiger partial charge < -0.3 is 14.2 Å². The third kappa shape index (κ3) is 5.98. The lowest BCUT2D eigenvalue weighted by Crippen LogP contribution is -2.39. The second kappa shape index (κ2) is 12.6. The zero-order chi connectivity index (χ0) is 26.8. The molecule has 0 aliphatic rings. The number of anilines is 1. The zero-order valence-corrected chi connectivity index (χ0v) is 19.7. The van der Waals surface area contributed by atoms with E-state index in [0.29, 0.717) is 4.90 Å². The van der Waals surface area contributed by atoms with E-state index in [1.165, 1.54) is 18.2 Å². The fraction of sp³-hybridized carbons (Fsp3) is 0.292. The number of carbonyl (C=O) groups is 4. The molecule has 36 heavy (non-hydrogen) atoms. The van der Waals surface area contributed by atoms with Crippen molar-refractivity contribution in [3.63, 3.8) is 0 Å². The normalized spacial score (nSPS) is 9.94. The van der Waals surface area contributed by atoms with E-state index in [-0.39, 0.29) is 22.6 Å². The van der Waals surface area contributed by atoms with Crippen molar-refractivity contribution in [3.8, 4) is 29.1 Å². The predicted molar refractivity (Wildman–Crippen MR) is 121 cm³/mol. The molecule has 1 aromatic heterocycles. The number of nitriles is 2. The minimum Gasteiger partial charge on any atom is -0.480 e. The Morgan fingerprint density at radius 1 is 0.889 bits per heavy atom. The van der Waals surface area contributed by atoms with Crippen LogP contribution < -0.4 is 9.64 Å². The van der Waals surface area contributed by atoms with Crippen LogP contribution in [0.3, 0.4) is 0 Å². The first kappa shape index (κ1) is 27.4. The summed E-state index contributed by atoms with van der Waals surface area (Å²) in [6.45, 7) is 0. The highest BCUT2D eigenvalue weighted by Crippen LogP contribution is 2.38. The van der Waals surface area contributed by atoms with Gasteiger partial charge in [0.15, 0.2) is 5.82 Å². The zero-order valence-electron chi connectivity index (χ0n) is 19.7. The van der Waals surface area contributed by atoms with Crippen molar-refractivity contribution in [2.75, 3.05) is 26.2 Å². The lowest BCUT2D eigenvalue weighted by Gasteiger charge is -2.23. The largest absolute Gasteiger partial charge is 0.480 e. The number of benzene rings is 1. The average Bonchev–Trinajstić information content (AvgIpc) is 2.89. The molecule has 0 radical (unpaired) electrons. The molecule has 0 saturated heterocycles. The molecule has 0 N–H and O–H groups in total. The molecule has 0 unspecified atom stereocenters. The summed E-state index contributed by atoms with van der Waals surface area (Å²) >= 11 is 0. The van der Waals surface area contributed by atoms with Crippen LogP contribution in [0.15, 0.2) is 24.3 Å². The lowest BCUT2D eigenvalue weighted by atomic mass is 9.95. The molecule has 11 nitrogen and oxygen atoms in total. The maximum atomic E-state index is 14.8. The van der Waals surface area contributed by atoms with Gasteiger partial charge in [0, 0.05) is 24.0 Å². The molecule has 0 bridgehead atoms. The van der Waals surface area contributed by atoms with E-state index in [4.69, 9.17) is 4.74 Å². The average molecular weight is 496 g/mol. The first-order valence-corrected chi connectivity index (χ1v) is 10.4. The van der Waals surface area contributed by atoms with Crippen molar-refractivity contribution in [2.45, 2.75) is 25.7 Å². The van der Waals surface area contributed by atoms with Crippen molar-refractivity contribution in [3.05, 3.63) is 41.2 Å². The van der Waals surface area contributed by atoms with Gasteiger partial charge in [0.2, 0.25) is 17.7 Å². The molecule has 0 fully saturated rings. The summed E-state index contributed by atoms with van der Waals surface area (Å²) in [6.07, 6.45) is -1.82. The van der Waals surface area contributed by atoms with Gasteiger partial charge in [0.05, 0.1) is 34.2 Å². The number of hydrogen-bond acceptors (Lipinski definition) is 10. The van der Waals surface area contributed by atoms with Crippen LogP contribution in [-0.2, 0) is 28.7 Å². The number of rotatable bonds is 9. The van der Waals surface area contributed by atoms with Crippen molar-refractivity contribution in [2.24, 2.45) is 0 Å². The fourth-order valence-electron chi connectivity index (χ4n) is 3.23. The number of ether oxygens (including phenoxy) is 3. The van der Waals surface area contributed by atoms with Crippen LogP contribution in [0, 0.1) is 28.5 Å². The summed E-state index contributed by atoms with van der Waals surface area (Å²) < 4.78 is 29.0. The maximum absolute atomic E-state index is 14.8. The summed E-state index contributed by atoms with van der Waals surface area (Å²) in [5.41, 5.74) is -1.18. The van der Waals surface area contributed by atoms with E-state index in [1.807, 2.05) is 6.07 Å². The highest BCUT2D eigenvalue weighted by molar-refractivity contribution is 6.16. The Labute approximate surface area is 205 Å². The van der Waals surface area contributed by atoms with Gasteiger partial charge in [0.1, 0.15) is 29.1 Å². The number of halogens is 1. The van der Waals surface area contributed by atoms with E-state index in [1.54, 1.807) is 6.07 Å². The first-order valence-electron chi connectivity index (χ1n) is 10.4. The molecule has 2 aromatic rings. The van der Waals surface area contributed by atoms with Crippen molar-refractivity contribution < 1.29 is 37.8 Å². The number of methoxy groups -OCH3 is 3. The number of nitrogens with zero attached hydrogens (tertiary/aromatic N) is 4. The molecule has 0 saturated carbocycles. The highest BCUT2D eigenvalue weighted by Gasteiger charge is 2.33. The van der Waals surface area contributed by atoms with Crippen LogP contribution in [0.5, 0.6) is 5.88 Å². The van der Waals surface area contributed by atoms with Gasteiger partial charge in [-0.1, -0.05) is 18.2 Å². The van der Waals surface area contributed by atoms with Crippen molar-refractivity contribution in [1.82, 2.24) is 4.98 Å². The van der Waals surface area contributed by atoms with E-state index in [2.05, 4.69) is 14.5 Å². The van der Waals surface area contributed by atoms with Crippen molar-refractivity contribution >= 4 is 29.6 Å². The molecule has 186 valence electrons. The third-order valence-electron chi connectivity index (χ3n) is 4.96. The maximum Gasteiger partial charge on any atom is 0.306 e. The smallest absolute Gasteiger partial charge is 0.306 e. The molecule has 0 aliphatic carbocycles.